The molecule has 5 rings (SSSR count). The van der Waals surface area contributed by atoms with Crippen LogP contribution >= 0.6 is 11.6 Å². The van der Waals surface area contributed by atoms with E-state index in [1.54, 1.807) is 0 Å². The van der Waals surface area contributed by atoms with E-state index < -0.39 is 5.41 Å². The molecule has 0 saturated carbocycles. The average molecular weight is 548 g/mol. The first-order chi connectivity index (χ1) is 19.3. The molecule has 4 aromatic rings. The van der Waals surface area contributed by atoms with Crippen LogP contribution in [0.25, 0.3) is 22.0 Å². The topological polar surface area (TPSA) is 30.7 Å². The second-order valence-corrected chi connectivity index (χ2v) is 11.5. The van der Waals surface area contributed by atoms with Crippen molar-refractivity contribution in [1.82, 2.24) is 14.5 Å². The van der Waals surface area contributed by atoms with Crippen LogP contribution in [-0.2, 0) is 12.5 Å². The molecule has 0 radical (unpaired) electrons. The van der Waals surface area contributed by atoms with E-state index in [-0.39, 0.29) is 0 Å². The van der Waals surface area contributed by atoms with Crippen LogP contribution in [-0.4, -0.2) is 14.5 Å². The van der Waals surface area contributed by atoms with Crippen molar-refractivity contribution in [2.24, 2.45) is 13.0 Å². The SMILES string of the molecule is CC/C=C/C=C(\c1ccccc1C)C(C)(c1ccc2nc(Cl)c(C3=CCC(C)C=C3)c(C)c2c1)c1cncn1C. The summed E-state index contributed by atoms with van der Waals surface area (Å²) >= 11 is 6.81. The van der Waals surface area contributed by atoms with Crippen LogP contribution in [0.5, 0.6) is 0 Å². The van der Waals surface area contributed by atoms with Crippen LogP contribution in [0.15, 0.2) is 91.4 Å². The molecule has 4 heteroatoms. The van der Waals surface area contributed by atoms with Crippen LogP contribution in [0.3, 0.4) is 0 Å². The van der Waals surface area contributed by atoms with Gasteiger partial charge in [0.1, 0.15) is 5.15 Å². The number of benzene rings is 2. The first kappa shape index (κ1) is 27.9. The van der Waals surface area contributed by atoms with Gasteiger partial charge < -0.3 is 4.57 Å². The van der Waals surface area contributed by atoms with Crippen molar-refractivity contribution < 1.29 is 0 Å². The molecule has 0 saturated heterocycles. The van der Waals surface area contributed by atoms with Crippen molar-refractivity contribution in [3.63, 3.8) is 0 Å². The summed E-state index contributed by atoms with van der Waals surface area (Å²) in [5, 5.41) is 1.68. The molecule has 0 N–H and O–H groups in total. The first-order valence-corrected chi connectivity index (χ1v) is 14.5. The monoisotopic (exact) mass is 547 g/mol. The predicted octanol–water partition coefficient (Wildman–Crippen LogP) is 9.57. The lowest BCUT2D eigenvalue weighted by Crippen LogP contribution is -2.28. The van der Waals surface area contributed by atoms with Gasteiger partial charge in [-0.15, -0.1) is 0 Å². The summed E-state index contributed by atoms with van der Waals surface area (Å²) in [5.74, 6) is 0.538. The van der Waals surface area contributed by atoms with E-state index in [4.69, 9.17) is 16.6 Å². The number of aromatic nitrogens is 3. The van der Waals surface area contributed by atoms with Gasteiger partial charge in [0.2, 0.25) is 0 Å². The highest BCUT2D eigenvalue weighted by Gasteiger charge is 2.37. The summed E-state index contributed by atoms with van der Waals surface area (Å²) in [5.41, 5.74) is 9.75. The van der Waals surface area contributed by atoms with Gasteiger partial charge in [-0.2, -0.15) is 0 Å². The van der Waals surface area contributed by atoms with Crippen LogP contribution < -0.4 is 0 Å². The van der Waals surface area contributed by atoms with Gasteiger partial charge in [-0.3, -0.25) is 0 Å². The third-order valence-corrected chi connectivity index (χ3v) is 8.59. The van der Waals surface area contributed by atoms with E-state index in [1.807, 2.05) is 12.5 Å². The van der Waals surface area contributed by atoms with E-state index in [0.717, 1.165) is 46.1 Å². The Balaban J connectivity index is 1.79. The molecular formula is C36H38ClN3. The second kappa shape index (κ2) is 11.4. The number of aryl methyl sites for hydroxylation is 3. The molecule has 2 atom stereocenters. The zero-order valence-corrected chi connectivity index (χ0v) is 25.1. The first-order valence-electron chi connectivity index (χ1n) is 14.1. The molecule has 0 fully saturated rings. The highest BCUT2D eigenvalue weighted by Crippen LogP contribution is 2.46. The highest BCUT2D eigenvalue weighted by atomic mass is 35.5. The largest absolute Gasteiger partial charge is 0.337 e. The molecule has 2 unspecified atom stereocenters. The van der Waals surface area contributed by atoms with E-state index in [2.05, 4.69) is 130 Å². The fraction of sp³-hybridized carbons (Fsp3) is 0.278. The van der Waals surface area contributed by atoms with E-state index >= 15 is 0 Å². The number of halogens is 1. The molecule has 0 bridgehead atoms. The van der Waals surface area contributed by atoms with Gasteiger partial charge in [-0.25, -0.2) is 9.97 Å². The molecule has 40 heavy (non-hydrogen) atoms. The van der Waals surface area contributed by atoms with Gasteiger partial charge in [0.15, 0.2) is 0 Å². The van der Waals surface area contributed by atoms with Gasteiger partial charge in [-0.1, -0.05) is 92.2 Å². The van der Waals surface area contributed by atoms with Gasteiger partial charge >= 0.3 is 0 Å². The molecule has 2 aromatic carbocycles. The quantitative estimate of drug-likeness (QED) is 0.170. The Morgan fingerprint density at radius 2 is 1.98 bits per heavy atom. The van der Waals surface area contributed by atoms with Crippen LogP contribution in [0, 0.1) is 19.8 Å². The molecule has 0 spiro atoms. The Bertz CT molecular complexity index is 1680. The number of imidazole rings is 1. The molecule has 0 aliphatic heterocycles. The lowest BCUT2D eigenvalue weighted by molar-refractivity contribution is 0.665. The Labute approximate surface area is 243 Å². The normalized spacial score (nSPS) is 17.4. The average Bonchev–Trinajstić information content (AvgIpc) is 3.38. The van der Waals surface area contributed by atoms with Crippen molar-refractivity contribution in [1.29, 1.82) is 0 Å². The highest BCUT2D eigenvalue weighted by molar-refractivity contribution is 6.32. The fourth-order valence-corrected chi connectivity index (χ4v) is 6.27. The summed E-state index contributed by atoms with van der Waals surface area (Å²) in [6, 6.07) is 15.3. The van der Waals surface area contributed by atoms with Gasteiger partial charge in [0, 0.05) is 24.2 Å². The molecule has 2 aromatic heterocycles. The lowest BCUT2D eigenvalue weighted by atomic mass is 9.69. The maximum Gasteiger partial charge on any atom is 0.137 e. The van der Waals surface area contributed by atoms with Gasteiger partial charge in [-0.05, 0) is 85.1 Å². The summed E-state index contributed by atoms with van der Waals surface area (Å²) in [7, 11) is 2.08. The molecule has 2 heterocycles. The number of fused-ring (bicyclic) bond motifs is 1. The number of hydrogen-bond acceptors (Lipinski definition) is 2. The standard InChI is InChI=1S/C36H38ClN3/c1-7-8-9-14-31(29-13-11-10-12-25(29)3)36(5,33-22-38-23-40(33)6)28-19-20-32-30(21-28)26(4)34(35(37)39-32)27-17-15-24(2)16-18-27/h8-15,17-24H,7,16H2,1-6H3/b9-8+,31-14+. The minimum atomic E-state index is -0.491. The third kappa shape index (κ3) is 4.99. The maximum absolute atomic E-state index is 6.81. The Hall–Kier alpha value is -3.69. The van der Waals surface area contributed by atoms with Gasteiger partial charge in [0.25, 0.3) is 0 Å². The molecule has 3 nitrogen and oxygen atoms in total. The summed E-state index contributed by atoms with van der Waals surface area (Å²) in [6.45, 7) is 11.1. The van der Waals surface area contributed by atoms with Gasteiger partial charge in [0.05, 0.1) is 23.0 Å². The predicted molar refractivity (Wildman–Crippen MR) is 171 cm³/mol. The van der Waals surface area contributed by atoms with Crippen LogP contribution in [0.2, 0.25) is 5.15 Å². The summed E-state index contributed by atoms with van der Waals surface area (Å²) < 4.78 is 2.14. The number of rotatable bonds is 7. The Morgan fingerprint density at radius 3 is 2.65 bits per heavy atom. The van der Waals surface area contributed by atoms with Crippen molar-refractivity contribution in [3.05, 3.63) is 130 Å². The number of hydrogen-bond donors (Lipinski definition) is 0. The maximum atomic E-state index is 6.81. The number of pyridine rings is 1. The Kier molecular flexibility index (Phi) is 7.96. The molecule has 204 valence electrons. The minimum Gasteiger partial charge on any atom is -0.337 e. The smallest absolute Gasteiger partial charge is 0.137 e. The van der Waals surface area contributed by atoms with E-state index in [9.17, 15) is 0 Å². The van der Waals surface area contributed by atoms with Crippen molar-refractivity contribution in [2.45, 2.75) is 52.9 Å². The van der Waals surface area contributed by atoms with E-state index in [1.165, 1.54) is 22.3 Å². The lowest BCUT2D eigenvalue weighted by Gasteiger charge is -2.35. The molecule has 0 amide bonds. The zero-order chi connectivity index (χ0) is 28.4. The van der Waals surface area contributed by atoms with E-state index in [0.29, 0.717) is 11.1 Å². The number of allylic oxidation sites excluding steroid dienone is 8. The summed E-state index contributed by atoms with van der Waals surface area (Å²) in [6.07, 6.45) is 19.3. The van der Waals surface area contributed by atoms with Crippen LogP contribution in [0.4, 0.5) is 0 Å². The molecule has 1 aliphatic rings. The zero-order valence-electron chi connectivity index (χ0n) is 24.4. The van der Waals surface area contributed by atoms with Crippen molar-refractivity contribution in [3.8, 4) is 0 Å². The van der Waals surface area contributed by atoms with Crippen molar-refractivity contribution in [2.75, 3.05) is 0 Å². The van der Waals surface area contributed by atoms with Crippen LogP contribution in [0.1, 0.15) is 67.1 Å². The third-order valence-electron chi connectivity index (χ3n) is 8.32. The molecular weight excluding hydrogens is 510 g/mol. The fourth-order valence-electron chi connectivity index (χ4n) is 5.93. The Morgan fingerprint density at radius 1 is 1.18 bits per heavy atom. The number of nitrogens with zero attached hydrogens (tertiary/aromatic N) is 3. The second-order valence-electron chi connectivity index (χ2n) is 11.1. The summed E-state index contributed by atoms with van der Waals surface area (Å²) in [4.78, 5) is 9.41. The minimum absolute atomic E-state index is 0.491. The van der Waals surface area contributed by atoms with Crippen molar-refractivity contribution >= 4 is 33.7 Å². The molecule has 1 aliphatic carbocycles.